The molecule has 0 radical (unpaired) electrons. The number of hydrogen-bond donors (Lipinski definition) is 1. The van der Waals surface area contributed by atoms with E-state index in [1.807, 2.05) is 59.2 Å². The molecular formula is C21H17ClN4O2S. The van der Waals surface area contributed by atoms with E-state index in [1.54, 1.807) is 18.4 Å². The van der Waals surface area contributed by atoms with E-state index in [1.165, 1.54) is 11.8 Å². The summed E-state index contributed by atoms with van der Waals surface area (Å²) in [5.74, 6) is 1.28. The molecule has 1 N–H and O–H groups in total. The van der Waals surface area contributed by atoms with Crippen molar-refractivity contribution in [1.82, 2.24) is 20.1 Å². The quantitative estimate of drug-likeness (QED) is 0.439. The van der Waals surface area contributed by atoms with Gasteiger partial charge < -0.3 is 9.73 Å². The molecule has 146 valence electrons. The summed E-state index contributed by atoms with van der Waals surface area (Å²) >= 11 is 7.44. The zero-order chi connectivity index (χ0) is 20.1. The van der Waals surface area contributed by atoms with E-state index in [4.69, 9.17) is 16.0 Å². The Balaban J connectivity index is 1.49. The molecule has 0 saturated heterocycles. The zero-order valence-corrected chi connectivity index (χ0v) is 16.9. The highest BCUT2D eigenvalue weighted by molar-refractivity contribution is 7.99. The first-order valence-electron chi connectivity index (χ1n) is 8.90. The Morgan fingerprint density at radius 3 is 2.59 bits per heavy atom. The molecule has 29 heavy (non-hydrogen) atoms. The van der Waals surface area contributed by atoms with Gasteiger partial charge in [-0.1, -0.05) is 59.8 Å². The molecule has 0 fully saturated rings. The topological polar surface area (TPSA) is 73.0 Å². The van der Waals surface area contributed by atoms with E-state index in [0.717, 1.165) is 11.3 Å². The number of benzene rings is 2. The van der Waals surface area contributed by atoms with Crippen molar-refractivity contribution in [2.75, 3.05) is 5.75 Å². The Labute approximate surface area is 176 Å². The van der Waals surface area contributed by atoms with Crippen molar-refractivity contribution in [3.63, 3.8) is 0 Å². The van der Waals surface area contributed by atoms with Crippen molar-refractivity contribution in [3.05, 3.63) is 83.6 Å². The number of rotatable bonds is 7. The summed E-state index contributed by atoms with van der Waals surface area (Å²) in [6.07, 6.45) is 1.59. The van der Waals surface area contributed by atoms with Crippen molar-refractivity contribution in [3.8, 4) is 17.3 Å². The second kappa shape index (κ2) is 8.98. The van der Waals surface area contributed by atoms with Gasteiger partial charge >= 0.3 is 0 Å². The molecule has 4 rings (SSSR count). The number of furan rings is 1. The van der Waals surface area contributed by atoms with Crippen LogP contribution in [0, 0.1) is 0 Å². The molecule has 4 aromatic rings. The maximum Gasteiger partial charge on any atom is 0.230 e. The van der Waals surface area contributed by atoms with Crippen LogP contribution in [0.25, 0.3) is 17.3 Å². The van der Waals surface area contributed by atoms with E-state index in [9.17, 15) is 4.79 Å². The average Bonchev–Trinajstić information content (AvgIpc) is 3.42. The Morgan fingerprint density at radius 1 is 1.03 bits per heavy atom. The molecule has 1 amide bonds. The molecule has 0 aliphatic rings. The van der Waals surface area contributed by atoms with E-state index in [2.05, 4.69) is 15.5 Å². The number of halogens is 1. The Hall–Kier alpha value is -3.03. The smallest absolute Gasteiger partial charge is 0.230 e. The SMILES string of the molecule is O=C(CSc1nnc(-c2ccco2)n1-c1ccccc1)NCc1ccccc1Cl. The lowest BCUT2D eigenvalue weighted by Gasteiger charge is -2.09. The van der Waals surface area contributed by atoms with Crippen molar-refractivity contribution in [2.24, 2.45) is 0 Å². The normalized spacial score (nSPS) is 10.8. The number of aromatic nitrogens is 3. The Kier molecular flexibility index (Phi) is 5.97. The number of carbonyl (C=O) groups is 1. The minimum Gasteiger partial charge on any atom is -0.461 e. The summed E-state index contributed by atoms with van der Waals surface area (Å²) in [6.45, 7) is 0.377. The van der Waals surface area contributed by atoms with E-state index in [-0.39, 0.29) is 11.7 Å². The summed E-state index contributed by atoms with van der Waals surface area (Å²) < 4.78 is 7.37. The number of hydrogen-bond acceptors (Lipinski definition) is 5. The van der Waals surface area contributed by atoms with Crippen molar-refractivity contribution < 1.29 is 9.21 Å². The summed E-state index contributed by atoms with van der Waals surface area (Å²) in [6, 6.07) is 20.8. The molecule has 2 aromatic heterocycles. The van der Waals surface area contributed by atoms with Crippen LogP contribution in [-0.2, 0) is 11.3 Å². The van der Waals surface area contributed by atoms with Crippen LogP contribution in [0.4, 0.5) is 0 Å². The molecule has 0 unspecified atom stereocenters. The van der Waals surface area contributed by atoms with Gasteiger partial charge in [0.25, 0.3) is 0 Å². The van der Waals surface area contributed by atoms with Gasteiger partial charge in [-0.2, -0.15) is 0 Å². The maximum atomic E-state index is 12.3. The first-order chi connectivity index (χ1) is 14.2. The highest BCUT2D eigenvalue weighted by Crippen LogP contribution is 2.28. The largest absolute Gasteiger partial charge is 0.461 e. The van der Waals surface area contributed by atoms with Gasteiger partial charge in [-0.15, -0.1) is 10.2 Å². The molecule has 0 atom stereocenters. The first-order valence-corrected chi connectivity index (χ1v) is 10.3. The summed E-state index contributed by atoms with van der Waals surface area (Å²) in [5, 5.41) is 12.7. The van der Waals surface area contributed by atoms with E-state index < -0.39 is 0 Å². The minimum atomic E-state index is -0.114. The molecule has 8 heteroatoms. The lowest BCUT2D eigenvalue weighted by atomic mass is 10.2. The number of carbonyl (C=O) groups excluding carboxylic acids is 1. The van der Waals surface area contributed by atoms with Crippen LogP contribution < -0.4 is 5.32 Å². The van der Waals surface area contributed by atoms with E-state index >= 15 is 0 Å². The summed E-state index contributed by atoms with van der Waals surface area (Å²) in [7, 11) is 0. The van der Waals surface area contributed by atoms with Crippen LogP contribution in [0.15, 0.2) is 82.6 Å². The second-order valence-corrected chi connectivity index (χ2v) is 7.46. The van der Waals surface area contributed by atoms with Crippen LogP contribution in [-0.4, -0.2) is 26.4 Å². The summed E-state index contributed by atoms with van der Waals surface area (Å²) in [5.41, 5.74) is 1.77. The monoisotopic (exact) mass is 424 g/mol. The van der Waals surface area contributed by atoms with Crippen LogP contribution in [0.5, 0.6) is 0 Å². The van der Waals surface area contributed by atoms with E-state index in [0.29, 0.717) is 28.3 Å². The van der Waals surface area contributed by atoms with Crippen molar-refractivity contribution in [1.29, 1.82) is 0 Å². The third-order valence-electron chi connectivity index (χ3n) is 4.16. The standard InChI is InChI=1S/C21H17ClN4O2S/c22-17-10-5-4-7-15(17)13-23-19(27)14-29-21-25-24-20(18-11-6-12-28-18)26(21)16-8-2-1-3-9-16/h1-12H,13-14H2,(H,23,27). The van der Waals surface area contributed by atoms with Gasteiger partial charge in [0.05, 0.1) is 12.0 Å². The predicted octanol–water partition coefficient (Wildman–Crippen LogP) is 4.59. The van der Waals surface area contributed by atoms with Gasteiger partial charge in [0, 0.05) is 17.3 Å². The van der Waals surface area contributed by atoms with Gasteiger partial charge in [-0.25, -0.2) is 0 Å². The van der Waals surface area contributed by atoms with Crippen LogP contribution in [0.1, 0.15) is 5.56 Å². The fraction of sp³-hybridized carbons (Fsp3) is 0.0952. The van der Waals surface area contributed by atoms with Crippen molar-refractivity contribution in [2.45, 2.75) is 11.7 Å². The molecule has 0 bridgehead atoms. The molecule has 2 aromatic carbocycles. The van der Waals surface area contributed by atoms with Gasteiger partial charge in [0.15, 0.2) is 10.9 Å². The van der Waals surface area contributed by atoms with Gasteiger partial charge in [0.2, 0.25) is 11.7 Å². The number of nitrogens with zero attached hydrogens (tertiary/aromatic N) is 3. The molecule has 0 aliphatic heterocycles. The molecule has 6 nitrogen and oxygen atoms in total. The number of para-hydroxylation sites is 1. The molecule has 2 heterocycles. The van der Waals surface area contributed by atoms with Crippen molar-refractivity contribution >= 4 is 29.3 Å². The average molecular weight is 425 g/mol. The first kappa shape index (κ1) is 19.3. The predicted molar refractivity (Wildman–Crippen MR) is 113 cm³/mol. The summed E-state index contributed by atoms with van der Waals surface area (Å²) in [4.78, 5) is 12.3. The Bertz CT molecular complexity index is 1100. The highest BCUT2D eigenvalue weighted by atomic mass is 35.5. The van der Waals surface area contributed by atoms with Gasteiger partial charge in [-0.3, -0.25) is 9.36 Å². The number of nitrogens with one attached hydrogen (secondary N) is 1. The lowest BCUT2D eigenvalue weighted by molar-refractivity contribution is -0.118. The third-order valence-corrected chi connectivity index (χ3v) is 5.45. The van der Waals surface area contributed by atoms with Gasteiger partial charge in [-0.05, 0) is 35.9 Å². The van der Waals surface area contributed by atoms with Gasteiger partial charge in [0.1, 0.15) is 0 Å². The third kappa shape index (κ3) is 4.52. The zero-order valence-electron chi connectivity index (χ0n) is 15.3. The molecular weight excluding hydrogens is 408 g/mol. The fourth-order valence-electron chi connectivity index (χ4n) is 2.76. The highest BCUT2D eigenvalue weighted by Gasteiger charge is 2.18. The molecule has 0 saturated carbocycles. The maximum absolute atomic E-state index is 12.3. The Morgan fingerprint density at radius 2 is 1.83 bits per heavy atom. The minimum absolute atomic E-state index is 0.114. The van der Waals surface area contributed by atoms with Crippen LogP contribution in [0.2, 0.25) is 5.02 Å². The second-order valence-electron chi connectivity index (χ2n) is 6.11. The van der Waals surface area contributed by atoms with Crippen LogP contribution in [0.3, 0.4) is 0 Å². The van der Waals surface area contributed by atoms with Crippen LogP contribution >= 0.6 is 23.4 Å². The fourth-order valence-corrected chi connectivity index (χ4v) is 3.74. The number of amides is 1. The lowest BCUT2D eigenvalue weighted by Crippen LogP contribution is -2.24. The molecule has 0 aliphatic carbocycles. The molecule has 0 spiro atoms. The number of thioether (sulfide) groups is 1.